The van der Waals surface area contributed by atoms with E-state index >= 15 is 0 Å². The molecule has 3 aromatic rings. The molecule has 2 aromatic heterocycles. The Hall–Kier alpha value is -1.47. The summed E-state index contributed by atoms with van der Waals surface area (Å²) < 4.78 is 1.17. The van der Waals surface area contributed by atoms with Crippen molar-refractivity contribution in [3.8, 4) is 9.88 Å². The van der Waals surface area contributed by atoms with Gasteiger partial charge in [0.1, 0.15) is 5.01 Å². The Morgan fingerprint density at radius 2 is 1.96 bits per heavy atom. The van der Waals surface area contributed by atoms with Crippen LogP contribution in [0.1, 0.15) is 16.6 Å². The first-order valence-electron chi connectivity index (χ1n) is 7.22. The maximum absolute atomic E-state index is 12.1. The molecule has 4 nitrogen and oxygen atoms in total. The molecule has 2 heterocycles. The molecule has 3 rings (SSSR count). The SMILES string of the molecule is CCNCCNC(=O)c1ccc(-c2nc3ccccc3s2)s1.Cl. The largest absolute Gasteiger partial charge is 0.350 e. The highest BCUT2D eigenvalue weighted by Crippen LogP contribution is 2.34. The van der Waals surface area contributed by atoms with Gasteiger partial charge in [0.25, 0.3) is 5.91 Å². The number of thiophene rings is 1. The van der Waals surface area contributed by atoms with E-state index < -0.39 is 0 Å². The van der Waals surface area contributed by atoms with Crippen LogP contribution in [0.5, 0.6) is 0 Å². The van der Waals surface area contributed by atoms with Crippen molar-refractivity contribution in [1.29, 1.82) is 0 Å². The molecular formula is C16H18ClN3OS2. The summed E-state index contributed by atoms with van der Waals surface area (Å²) in [7, 11) is 0. The minimum Gasteiger partial charge on any atom is -0.350 e. The van der Waals surface area contributed by atoms with Crippen molar-refractivity contribution in [2.45, 2.75) is 6.92 Å². The summed E-state index contributed by atoms with van der Waals surface area (Å²) in [4.78, 5) is 18.5. The molecule has 0 radical (unpaired) electrons. The number of halogens is 1. The van der Waals surface area contributed by atoms with E-state index in [1.807, 2.05) is 37.3 Å². The Balaban J connectivity index is 0.00000192. The molecule has 0 bridgehead atoms. The summed E-state index contributed by atoms with van der Waals surface area (Å²) in [6.45, 7) is 4.39. The third-order valence-electron chi connectivity index (χ3n) is 3.17. The summed E-state index contributed by atoms with van der Waals surface area (Å²) in [5.74, 6) is -0.0183. The molecule has 0 aliphatic carbocycles. The van der Waals surface area contributed by atoms with Gasteiger partial charge in [0.05, 0.1) is 20.0 Å². The Morgan fingerprint density at radius 1 is 1.13 bits per heavy atom. The molecule has 0 saturated heterocycles. The van der Waals surface area contributed by atoms with Crippen molar-refractivity contribution in [3.05, 3.63) is 41.3 Å². The first-order valence-corrected chi connectivity index (χ1v) is 8.86. The van der Waals surface area contributed by atoms with Gasteiger partial charge in [-0.1, -0.05) is 19.1 Å². The second-order valence-electron chi connectivity index (χ2n) is 4.76. The van der Waals surface area contributed by atoms with Crippen LogP contribution in [0.25, 0.3) is 20.1 Å². The average Bonchev–Trinajstić information content (AvgIpc) is 3.17. The highest BCUT2D eigenvalue weighted by Gasteiger charge is 2.12. The van der Waals surface area contributed by atoms with Crippen LogP contribution in [-0.2, 0) is 0 Å². The number of fused-ring (bicyclic) bond motifs is 1. The number of rotatable bonds is 6. The number of hydrogen-bond donors (Lipinski definition) is 2. The van der Waals surface area contributed by atoms with E-state index in [0.29, 0.717) is 6.54 Å². The molecule has 0 atom stereocenters. The lowest BCUT2D eigenvalue weighted by atomic mass is 10.3. The zero-order chi connectivity index (χ0) is 15.4. The van der Waals surface area contributed by atoms with Gasteiger partial charge in [-0.2, -0.15) is 0 Å². The third kappa shape index (κ3) is 4.29. The zero-order valence-corrected chi connectivity index (χ0v) is 15.1. The Labute approximate surface area is 149 Å². The van der Waals surface area contributed by atoms with Crippen LogP contribution in [-0.4, -0.2) is 30.5 Å². The molecule has 122 valence electrons. The van der Waals surface area contributed by atoms with Gasteiger partial charge in [-0.15, -0.1) is 35.1 Å². The minimum atomic E-state index is -0.0183. The molecule has 1 amide bonds. The summed E-state index contributed by atoms with van der Waals surface area (Å²) in [6.07, 6.45) is 0. The molecule has 0 aliphatic heterocycles. The van der Waals surface area contributed by atoms with Crippen molar-refractivity contribution in [2.24, 2.45) is 0 Å². The van der Waals surface area contributed by atoms with Crippen LogP contribution in [0.3, 0.4) is 0 Å². The van der Waals surface area contributed by atoms with Crippen molar-refractivity contribution < 1.29 is 4.79 Å². The highest BCUT2D eigenvalue weighted by molar-refractivity contribution is 7.26. The number of aromatic nitrogens is 1. The fourth-order valence-electron chi connectivity index (χ4n) is 2.08. The second kappa shape index (κ2) is 8.40. The van der Waals surface area contributed by atoms with Gasteiger partial charge < -0.3 is 10.6 Å². The lowest BCUT2D eigenvalue weighted by molar-refractivity contribution is 0.0958. The molecule has 1 aromatic carbocycles. The number of likely N-dealkylation sites (N-methyl/N-ethyl adjacent to an activating group) is 1. The summed E-state index contributed by atoms with van der Waals surface area (Å²) in [5.41, 5.74) is 1.01. The molecular weight excluding hydrogens is 350 g/mol. The minimum absolute atomic E-state index is 0. The maximum atomic E-state index is 12.1. The van der Waals surface area contributed by atoms with Gasteiger partial charge in [0.2, 0.25) is 0 Å². The quantitative estimate of drug-likeness (QED) is 0.652. The summed E-state index contributed by atoms with van der Waals surface area (Å²) in [5, 5.41) is 7.07. The second-order valence-corrected chi connectivity index (χ2v) is 6.87. The van der Waals surface area contributed by atoms with Crippen LogP contribution in [0.15, 0.2) is 36.4 Å². The van der Waals surface area contributed by atoms with Crippen LogP contribution < -0.4 is 10.6 Å². The van der Waals surface area contributed by atoms with Crippen molar-refractivity contribution in [2.75, 3.05) is 19.6 Å². The number of para-hydroxylation sites is 1. The summed E-state index contributed by atoms with van der Waals surface area (Å²) in [6, 6.07) is 11.9. The van der Waals surface area contributed by atoms with Crippen molar-refractivity contribution >= 4 is 51.2 Å². The predicted octanol–water partition coefficient (Wildman–Crippen LogP) is 3.79. The van der Waals surface area contributed by atoms with E-state index in [1.54, 1.807) is 11.3 Å². The number of amides is 1. The predicted molar refractivity (Wildman–Crippen MR) is 101 cm³/mol. The molecule has 0 saturated carbocycles. The molecule has 0 unspecified atom stereocenters. The fourth-order valence-corrected chi connectivity index (χ4v) is 4.02. The third-order valence-corrected chi connectivity index (χ3v) is 5.46. The van der Waals surface area contributed by atoms with E-state index in [2.05, 4.69) is 21.7 Å². The Bertz CT molecular complexity index is 751. The van der Waals surface area contributed by atoms with Crippen LogP contribution in [0, 0.1) is 0 Å². The molecule has 0 aliphatic rings. The first kappa shape index (κ1) is 17.9. The maximum Gasteiger partial charge on any atom is 0.261 e. The van der Waals surface area contributed by atoms with Gasteiger partial charge in [-0.3, -0.25) is 4.79 Å². The Morgan fingerprint density at radius 3 is 2.74 bits per heavy atom. The van der Waals surface area contributed by atoms with E-state index in [1.165, 1.54) is 16.0 Å². The monoisotopic (exact) mass is 367 g/mol. The van der Waals surface area contributed by atoms with Gasteiger partial charge >= 0.3 is 0 Å². The fraction of sp³-hybridized carbons (Fsp3) is 0.250. The highest BCUT2D eigenvalue weighted by atomic mass is 35.5. The number of carbonyl (C=O) groups is 1. The number of benzene rings is 1. The van der Waals surface area contributed by atoms with Gasteiger partial charge in [-0.25, -0.2) is 4.98 Å². The first-order chi connectivity index (χ1) is 10.8. The van der Waals surface area contributed by atoms with Gasteiger partial charge in [0.15, 0.2) is 0 Å². The van der Waals surface area contributed by atoms with Crippen molar-refractivity contribution in [1.82, 2.24) is 15.6 Å². The van der Waals surface area contributed by atoms with Crippen molar-refractivity contribution in [3.63, 3.8) is 0 Å². The number of thiazole rings is 1. The van der Waals surface area contributed by atoms with Crippen LogP contribution in [0.4, 0.5) is 0 Å². The molecule has 7 heteroatoms. The zero-order valence-electron chi connectivity index (χ0n) is 12.7. The van der Waals surface area contributed by atoms with E-state index in [-0.39, 0.29) is 18.3 Å². The number of carbonyl (C=O) groups excluding carboxylic acids is 1. The van der Waals surface area contributed by atoms with Crippen LogP contribution in [0.2, 0.25) is 0 Å². The molecule has 0 fully saturated rings. The lowest BCUT2D eigenvalue weighted by Crippen LogP contribution is -2.31. The molecule has 2 N–H and O–H groups in total. The molecule has 0 spiro atoms. The smallest absolute Gasteiger partial charge is 0.261 e. The van der Waals surface area contributed by atoms with Gasteiger partial charge in [-0.05, 0) is 30.8 Å². The standard InChI is InChI=1S/C16H17N3OS2.ClH/c1-2-17-9-10-18-15(20)13-7-8-14(21-13)16-19-11-5-3-4-6-12(11)22-16;/h3-8,17H,2,9-10H2,1H3,(H,18,20);1H. The van der Waals surface area contributed by atoms with E-state index in [0.717, 1.165) is 33.4 Å². The average molecular weight is 368 g/mol. The number of nitrogens with zero attached hydrogens (tertiary/aromatic N) is 1. The lowest BCUT2D eigenvalue weighted by Gasteiger charge is -2.03. The molecule has 23 heavy (non-hydrogen) atoms. The van der Waals surface area contributed by atoms with E-state index in [4.69, 9.17) is 0 Å². The van der Waals surface area contributed by atoms with Crippen LogP contribution >= 0.6 is 35.1 Å². The Kier molecular flexibility index (Phi) is 6.53. The topological polar surface area (TPSA) is 54.0 Å². The number of nitrogens with one attached hydrogen (secondary N) is 2. The van der Waals surface area contributed by atoms with Gasteiger partial charge in [0, 0.05) is 13.1 Å². The summed E-state index contributed by atoms with van der Waals surface area (Å²) >= 11 is 3.15. The number of hydrogen-bond acceptors (Lipinski definition) is 5. The normalized spacial score (nSPS) is 10.5. The van der Waals surface area contributed by atoms with E-state index in [9.17, 15) is 4.79 Å².